The normalized spacial score (nSPS) is 12.5. The van der Waals surface area contributed by atoms with Crippen molar-refractivity contribution in [3.63, 3.8) is 0 Å². The van der Waals surface area contributed by atoms with Crippen molar-refractivity contribution in [3.8, 4) is 39.9 Å². The number of para-hydroxylation sites is 4. The lowest BCUT2D eigenvalue weighted by molar-refractivity contribution is -0.137. The molecule has 0 atom stereocenters. The molecule has 0 aliphatic carbocycles. The van der Waals surface area contributed by atoms with E-state index in [0.717, 1.165) is 54.9 Å². The summed E-state index contributed by atoms with van der Waals surface area (Å²) in [6.07, 6.45) is -4.81. The maximum absolute atomic E-state index is 16.2. The topological polar surface area (TPSA) is 61.2 Å². The maximum Gasteiger partial charge on any atom is 0.418 e. The molecule has 0 aliphatic heterocycles. The van der Waals surface area contributed by atoms with Gasteiger partial charge in [-0.1, -0.05) is 133 Å². The zero-order chi connectivity index (χ0) is 40.6. The molecule has 61 heavy (non-hydrogen) atoms. The number of hydrogen-bond acceptors (Lipinski definition) is 4. The monoisotopic (exact) mass is 795 g/mol. The molecule has 8 aromatic carbocycles. The number of fused-ring (bicyclic) bond motifs is 13. The SMILES string of the molecule is FC(F)(F)c1cc(-c2nc(-c3ccccc3)nc(-c3ccccc3)n2)c2oc3ccccc3c2c1-n1c2ccccc2c2c3c4cccc5c6ccccc6n(c3ccc21)c54. The molecule has 0 saturated heterocycles. The minimum Gasteiger partial charge on any atom is -0.455 e. The number of aromatic nitrogens is 5. The first kappa shape index (κ1) is 33.9. The van der Waals surface area contributed by atoms with Gasteiger partial charge in [0.25, 0.3) is 0 Å². The third-order valence-electron chi connectivity index (χ3n) is 12.1. The first-order valence-corrected chi connectivity index (χ1v) is 19.9. The molecule has 0 amide bonds. The lowest BCUT2D eigenvalue weighted by atomic mass is 9.99. The van der Waals surface area contributed by atoms with Crippen LogP contribution in [0.3, 0.4) is 0 Å². The van der Waals surface area contributed by atoms with E-state index in [1.807, 2.05) is 127 Å². The van der Waals surface area contributed by atoms with Crippen molar-refractivity contribution in [2.75, 3.05) is 0 Å². The quantitative estimate of drug-likeness (QED) is 0.178. The molecule has 0 unspecified atom stereocenters. The van der Waals surface area contributed by atoms with Crippen molar-refractivity contribution in [3.05, 3.63) is 175 Å². The van der Waals surface area contributed by atoms with Crippen LogP contribution in [0.4, 0.5) is 13.2 Å². The van der Waals surface area contributed by atoms with Crippen LogP contribution in [0.1, 0.15) is 5.56 Å². The van der Waals surface area contributed by atoms with Crippen LogP contribution in [0, 0.1) is 0 Å². The highest BCUT2D eigenvalue weighted by Gasteiger charge is 2.39. The van der Waals surface area contributed by atoms with Gasteiger partial charge in [0.2, 0.25) is 0 Å². The van der Waals surface area contributed by atoms with Gasteiger partial charge in [0, 0.05) is 48.8 Å². The minimum absolute atomic E-state index is 0.0239. The zero-order valence-corrected chi connectivity index (χ0v) is 31.9. The van der Waals surface area contributed by atoms with E-state index in [0.29, 0.717) is 50.2 Å². The van der Waals surface area contributed by atoms with Crippen LogP contribution < -0.4 is 0 Å². The molecule has 13 rings (SSSR count). The van der Waals surface area contributed by atoms with Crippen molar-refractivity contribution in [2.24, 2.45) is 0 Å². The van der Waals surface area contributed by atoms with Crippen molar-refractivity contribution in [1.82, 2.24) is 23.9 Å². The van der Waals surface area contributed by atoms with Gasteiger partial charge < -0.3 is 13.4 Å². The van der Waals surface area contributed by atoms with Crippen molar-refractivity contribution < 1.29 is 17.6 Å². The second-order valence-corrected chi connectivity index (χ2v) is 15.4. The maximum atomic E-state index is 16.2. The van der Waals surface area contributed by atoms with E-state index in [1.165, 1.54) is 0 Å². The van der Waals surface area contributed by atoms with Gasteiger partial charge in [-0.3, -0.25) is 0 Å². The molecule has 0 saturated carbocycles. The molecule has 0 spiro atoms. The summed E-state index contributed by atoms with van der Waals surface area (Å²) in [6, 6.07) is 53.6. The van der Waals surface area contributed by atoms with Gasteiger partial charge in [-0.25, -0.2) is 15.0 Å². The van der Waals surface area contributed by atoms with E-state index in [1.54, 1.807) is 10.6 Å². The largest absolute Gasteiger partial charge is 0.455 e. The highest BCUT2D eigenvalue weighted by Crippen LogP contribution is 2.50. The number of furan rings is 1. The van der Waals surface area contributed by atoms with Crippen molar-refractivity contribution in [2.45, 2.75) is 6.18 Å². The van der Waals surface area contributed by atoms with Crippen LogP contribution in [-0.2, 0) is 6.18 Å². The Labute approximate surface area is 343 Å². The summed E-state index contributed by atoms with van der Waals surface area (Å²) in [5, 5.41) is 6.89. The Balaban J connectivity index is 1.19. The molecule has 13 aromatic rings. The Hall–Kier alpha value is -8.04. The third-order valence-corrected chi connectivity index (χ3v) is 12.1. The number of rotatable bonds is 4. The van der Waals surface area contributed by atoms with Gasteiger partial charge in [-0.05, 0) is 36.4 Å². The molecule has 9 heteroatoms. The van der Waals surface area contributed by atoms with E-state index < -0.39 is 11.7 Å². The second-order valence-electron chi connectivity index (χ2n) is 15.4. The predicted molar refractivity (Wildman–Crippen MR) is 237 cm³/mol. The molecule has 0 N–H and O–H groups in total. The standard InChI is InChI=1S/C52H28F3N5O/c53-52(54,55)37-28-36(51-57-49(29-14-3-1-4-15-29)56-50(58-51)30-16-5-2-6-17-30)48-45(34-20-9-12-25-42(34)61-48)47(37)60-39-24-11-8-19-33(39)43-40(60)26-27-41-44(43)35-22-13-21-32-31-18-7-10-23-38(31)59(41)46(32)35/h1-28H. The van der Waals surface area contributed by atoms with Crippen LogP contribution in [0.5, 0.6) is 0 Å². The van der Waals surface area contributed by atoms with Crippen LogP contribution in [0.2, 0.25) is 0 Å². The number of halogens is 3. The van der Waals surface area contributed by atoms with E-state index >= 15 is 13.2 Å². The van der Waals surface area contributed by atoms with Crippen molar-refractivity contribution >= 4 is 81.8 Å². The van der Waals surface area contributed by atoms with Gasteiger partial charge in [0.15, 0.2) is 17.5 Å². The third kappa shape index (κ3) is 4.71. The van der Waals surface area contributed by atoms with Gasteiger partial charge in [0.1, 0.15) is 11.2 Å². The summed E-state index contributed by atoms with van der Waals surface area (Å²) in [4.78, 5) is 14.6. The average Bonchev–Trinajstić information content (AvgIpc) is 4.05. The van der Waals surface area contributed by atoms with E-state index in [2.05, 4.69) is 34.7 Å². The molecule has 0 bridgehead atoms. The van der Waals surface area contributed by atoms with Crippen LogP contribution in [0.15, 0.2) is 174 Å². The smallest absolute Gasteiger partial charge is 0.418 e. The van der Waals surface area contributed by atoms with E-state index in [4.69, 9.17) is 19.4 Å². The van der Waals surface area contributed by atoms with Crippen LogP contribution in [-0.4, -0.2) is 23.9 Å². The summed E-state index contributed by atoms with van der Waals surface area (Å²) >= 11 is 0. The molecule has 0 aliphatic rings. The molecule has 6 nitrogen and oxygen atoms in total. The molecule has 288 valence electrons. The zero-order valence-electron chi connectivity index (χ0n) is 31.9. The Morgan fingerprint density at radius 1 is 0.443 bits per heavy atom. The molecule has 5 heterocycles. The Morgan fingerprint density at radius 2 is 1.00 bits per heavy atom. The fraction of sp³-hybridized carbons (Fsp3) is 0.0192. The van der Waals surface area contributed by atoms with Crippen LogP contribution >= 0.6 is 0 Å². The first-order chi connectivity index (χ1) is 29.9. The summed E-state index contributed by atoms with van der Waals surface area (Å²) in [5.41, 5.74) is 5.78. The fourth-order valence-corrected chi connectivity index (χ4v) is 9.65. The number of hydrogen-bond donors (Lipinski definition) is 0. The summed E-state index contributed by atoms with van der Waals surface area (Å²) < 4.78 is 59.4. The van der Waals surface area contributed by atoms with E-state index in [-0.39, 0.29) is 22.7 Å². The Kier molecular flexibility index (Phi) is 6.80. The molecular weight excluding hydrogens is 768 g/mol. The van der Waals surface area contributed by atoms with Crippen molar-refractivity contribution in [1.29, 1.82) is 0 Å². The second kappa shape index (κ2) is 12.2. The van der Waals surface area contributed by atoms with Gasteiger partial charge in [0.05, 0.1) is 49.8 Å². The predicted octanol–water partition coefficient (Wildman–Crippen LogP) is 14.0. The highest BCUT2D eigenvalue weighted by atomic mass is 19.4. The van der Waals surface area contributed by atoms with Gasteiger partial charge in [-0.2, -0.15) is 13.2 Å². The minimum atomic E-state index is -4.81. The summed E-state index contributed by atoms with van der Waals surface area (Å²) in [7, 11) is 0. The fourth-order valence-electron chi connectivity index (χ4n) is 9.65. The Morgan fingerprint density at radius 3 is 1.72 bits per heavy atom. The Bertz CT molecular complexity index is 3860. The number of alkyl halides is 3. The lowest BCUT2D eigenvalue weighted by Gasteiger charge is -2.19. The van der Waals surface area contributed by atoms with Gasteiger partial charge >= 0.3 is 6.18 Å². The number of benzene rings is 8. The molecular formula is C52H28F3N5O. The molecule has 5 aromatic heterocycles. The van der Waals surface area contributed by atoms with E-state index in [9.17, 15) is 0 Å². The first-order valence-electron chi connectivity index (χ1n) is 19.9. The molecule has 0 radical (unpaired) electrons. The highest BCUT2D eigenvalue weighted by molar-refractivity contribution is 6.33. The summed E-state index contributed by atoms with van der Waals surface area (Å²) in [5.74, 6) is 0.725. The number of nitrogens with zero attached hydrogens (tertiary/aromatic N) is 5. The average molecular weight is 796 g/mol. The lowest BCUT2D eigenvalue weighted by Crippen LogP contribution is -2.12. The summed E-state index contributed by atoms with van der Waals surface area (Å²) in [6.45, 7) is 0. The molecule has 0 fully saturated rings. The van der Waals surface area contributed by atoms with Crippen LogP contribution in [0.25, 0.3) is 122 Å². The van der Waals surface area contributed by atoms with Gasteiger partial charge in [-0.15, -0.1) is 0 Å².